The maximum atomic E-state index is 11.1. The second kappa shape index (κ2) is 3.74. The zero-order valence-corrected chi connectivity index (χ0v) is 10.3. The molecule has 1 aliphatic carbocycles. The van der Waals surface area contributed by atoms with Crippen LogP contribution in [0.15, 0.2) is 12.1 Å². The molecule has 2 rings (SSSR count). The first-order chi connectivity index (χ1) is 7.90. The molecular formula is C13H17NO3. The molecule has 0 aromatic heterocycles. The van der Waals surface area contributed by atoms with Crippen molar-refractivity contribution in [2.75, 3.05) is 7.11 Å². The van der Waals surface area contributed by atoms with Gasteiger partial charge in [-0.3, -0.25) is 4.79 Å². The van der Waals surface area contributed by atoms with Crippen molar-refractivity contribution >= 4 is 5.97 Å². The summed E-state index contributed by atoms with van der Waals surface area (Å²) in [7, 11) is 1.62. The molecule has 0 radical (unpaired) electrons. The van der Waals surface area contributed by atoms with Gasteiger partial charge >= 0.3 is 5.97 Å². The Bertz CT molecular complexity index is 461. The SMILES string of the molecule is COc1cc(C)c(C2CC2(N)C(=O)O)c(C)c1. The average molecular weight is 235 g/mol. The summed E-state index contributed by atoms with van der Waals surface area (Å²) in [5.74, 6) is -0.203. The Labute approximate surface area is 100 Å². The van der Waals surface area contributed by atoms with Gasteiger partial charge in [0.2, 0.25) is 0 Å². The zero-order valence-electron chi connectivity index (χ0n) is 10.3. The van der Waals surface area contributed by atoms with Gasteiger partial charge in [0.15, 0.2) is 0 Å². The van der Waals surface area contributed by atoms with Gasteiger partial charge in [-0.25, -0.2) is 0 Å². The lowest BCUT2D eigenvalue weighted by Crippen LogP contribution is -2.34. The number of aliphatic carboxylic acids is 1. The minimum Gasteiger partial charge on any atom is -0.497 e. The van der Waals surface area contributed by atoms with Crippen molar-refractivity contribution in [3.05, 3.63) is 28.8 Å². The van der Waals surface area contributed by atoms with E-state index in [0.29, 0.717) is 6.42 Å². The lowest BCUT2D eigenvalue weighted by molar-refractivity contribution is -0.139. The summed E-state index contributed by atoms with van der Waals surface area (Å²) in [5, 5.41) is 9.08. The van der Waals surface area contributed by atoms with E-state index >= 15 is 0 Å². The molecule has 2 unspecified atom stereocenters. The molecule has 1 aliphatic rings. The van der Waals surface area contributed by atoms with Crippen LogP contribution in [-0.2, 0) is 4.79 Å². The lowest BCUT2D eigenvalue weighted by atomic mass is 9.96. The van der Waals surface area contributed by atoms with Gasteiger partial charge in [-0.2, -0.15) is 0 Å². The highest BCUT2D eigenvalue weighted by Gasteiger charge is 2.59. The third-order valence-corrected chi connectivity index (χ3v) is 3.55. The van der Waals surface area contributed by atoms with Crippen LogP contribution in [0.3, 0.4) is 0 Å². The van der Waals surface area contributed by atoms with Crippen LogP contribution in [0.5, 0.6) is 5.75 Å². The monoisotopic (exact) mass is 235 g/mol. The van der Waals surface area contributed by atoms with Gasteiger partial charge < -0.3 is 15.6 Å². The Balaban J connectivity index is 2.39. The molecule has 4 heteroatoms. The first kappa shape index (κ1) is 11.9. The summed E-state index contributed by atoms with van der Waals surface area (Å²) in [6.45, 7) is 3.93. The van der Waals surface area contributed by atoms with Crippen LogP contribution in [0.1, 0.15) is 29.0 Å². The van der Waals surface area contributed by atoms with Gasteiger partial charge in [0.05, 0.1) is 7.11 Å². The molecule has 2 atom stereocenters. The number of methoxy groups -OCH3 is 1. The van der Waals surface area contributed by atoms with Crippen LogP contribution in [0.25, 0.3) is 0 Å². The van der Waals surface area contributed by atoms with Crippen LogP contribution in [0.4, 0.5) is 0 Å². The molecule has 3 N–H and O–H groups in total. The zero-order chi connectivity index (χ0) is 12.8. The van der Waals surface area contributed by atoms with Crippen LogP contribution in [0.2, 0.25) is 0 Å². The number of carboxylic acid groups (broad SMARTS) is 1. The Kier molecular flexibility index (Phi) is 2.62. The molecule has 0 aliphatic heterocycles. The molecule has 0 amide bonds. The summed E-state index contributed by atoms with van der Waals surface area (Å²) in [6.07, 6.45) is 0.510. The fraction of sp³-hybridized carbons (Fsp3) is 0.462. The third kappa shape index (κ3) is 1.78. The number of carbonyl (C=O) groups is 1. The Morgan fingerprint density at radius 1 is 1.47 bits per heavy atom. The lowest BCUT2D eigenvalue weighted by Gasteiger charge is -2.13. The van der Waals surface area contributed by atoms with E-state index in [4.69, 9.17) is 15.6 Å². The van der Waals surface area contributed by atoms with E-state index in [-0.39, 0.29) is 5.92 Å². The predicted molar refractivity (Wildman–Crippen MR) is 64.4 cm³/mol. The molecule has 17 heavy (non-hydrogen) atoms. The fourth-order valence-electron chi connectivity index (χ4n) is 2.48. The Hall–Kier alpha value is -1.55. The molecule has 4 nitrogen and oxygen atoms in total. The van der Waals surface area contributed by atoms with E-state index in [9.17, 15) is 4.79 Å². The molecule has 0 bridgehead atoms. The number of nitrogens with two attached hydrogens (primary N) is 1. The minimum absolute atomic E-state index is 0.0779. The van der Waals surface area contributed by atoms with Crippen molar-refractivity contribution in [2.45, 2.75) is 31.7 Å². The summed E-state index contributed by atoms with van der Waals surface area (Å²) in [5.41, 5.74) is 7.90. The van der Waals surface area contributed by atoms with Crippen LogP contribution < -0.4 is 10.5 Å². The standard InChI is InChI=1S/C13H17NO3/c1-7-4-9(17-3)5-8(2)11(7)10-6-13(10,14)12(15)16/h4-5,10H,6,14H2,1-3H3,(H,15,16). The van der Waals surface area contributed by atoms with Crippen molar-refractivity contribution in [2.24, 2.45) is 5.73 Å². The van der Waals surface area contributed by atoms with E-state index in [1.54, 1.807) is 7.11 Å². The summed E-state index contributed by atoms with van der Waals surface area (Å²) < 4.78 is 5.18. The highest BCUT2D eigenvalue weighted by Crippen LogP contribution is 2.52. The van der Waals surface area contributed by atoms with E-state index in [0.717, 1.165) is 22.4 Å². The summed E-state index contributed by atoms with van der Waals surface area (Å²) >= 11 is 0. The molecule has 0 heterocycles. The van der Waals surface area contributed by atoms with Crippen molar-refractivity contribution in [3.8, 4) is 5.75 Å². The smallest absolute Gasteiger partial charge is 0.324 e. The highest BCUT2D eigenvalue weighted by atomic mass is 16.5. The molecular weight excluding hydrogens is 218 g/mol. The van der Waals surface area contributed by atoms with Crippen molar-refractivity contribution in [1.82, 2.24) is 0 Å². The molecule has 92 valence electrons. The summed E-state index contributed by atoms with van der Waals surface area (Å²) in [6, 6.07) is 3.84. The van der Waals surface area contributed by atoms with E-state index in [1.165, 1.54) is 0 Å². The van der Waals surface area contributed by atoms with Crippen LogP contribution in [-0.4, -0.2) is 23.7 Å². The number of hydrogen-bond acceptors (Lipinski definition) is 3. The van der Waals surface area contributed by atoms with Gasteiger partial charge in [-0.05, 0) is 49.1 Å². The quantitative estimate of drug-likeness (QED) is 0.834. The van der Waals surface area contributed by atoms with Gasteiger partial charge in [-0.1, -0.05) is 0 Å². The van der Waals surface area contributed by atoms with Gasteiger partial charge in [0, 0.05) is 5.92 Å². The molecule has 1 aromatic carbocycles. The number of rotatable bonds is 3. The van der Waals surface area contributed by atoms with Crippen molar-refractivity contribution < 1.29 is 14.6 Å². The van der Waals surface area contributed by atoms with Crippen LogP contribution in [0, 0.1) is 13.8 Å². The second-order valence-electron chi connectivity index (χ2n) is 4.78. The first-order valence-corrected chi connectivity index (χ1v) is 5.57. The van der Waals surface area contributed by atoms with Crippen molar-refractivity contribution in [3.63, 3.8) is 0 Å². The largest absolute Gasteiger partial charge is 0.497 e. The number of carboxylic acids is 1. The topological polar surface area (TPSA) is 72.5 Å². The number of benzene rings is 1. The Morgan fingerprint density at radius 3 is 2.35 bits per heavy atom. The highest BCUT2D eigenvalue weighted by molar-refractivity contribution is 5.85. The molecule has 1 saturated carbocycles. The summed E-state index contributed by atoms with van der Waals surface area (Å²) in [4.78, 5) is 11.1. The Morgan fingerprint density at radius 2 is 2.00 bits per heavy atom. The van der Waals surface area contributed by atoms with E-state index in [2.05, 4.69) is 0 Å². The normalized spacial score (nSPS) is 26.7. The predicted octanol–water partition coefficient (Wildman–Crippen LogP) is 1.58. The van der Waals surface area contributed by atoms with Gasteiger partial charge in [-0.15, -0.1) is 0 Å². The third-order valence-electron chi connectivity index (χ3n) is 3.55. The first-order valence-electron chi connectivity index (χ1n) is 5.57. The maximum Gasteiger partial charge on any atom is 0.324 e. The molecule has 0 saturated heterocycles. The number of hydrogen-bond donors (Lipinski definition) is 2. The van der Waals surface area contributed by atoms with Gasteiger partial charge in [0.25, 0.3) is 0 Å². The molecule has 1 fully saturated rings. The van der Waals surface area contributed by atoms with E-state index in [1.807, 2.05) is 26.0 Å². The minimum atomic E-state index is -1.08. The van der Waals surface area contributed by atoms with E-state index < -0.39 is 11.5 Å². The number of aryl methyl sites for hydroxylation is 2. The molecule has 1 aromatic rings. The fourth-order valence-corrected chi connectivity index (χ4v) is 2.48. The van der Waals surface area contributed by atoms with Crippen LogP contribution >= 0.6 is 0 Å². The van der Waals surface area contributed by atoms with Crippen molar-refractivity contribution in [1.29, 1.82) is 0 Å². The number of ether oxygens (including phenoxy) is 1. The average Bonchev–Trinajstić information content (AvgIpc) is 2.91. The van der Waals surface area contributed by atoms with Gasteiger partial charge in [0.1, 0.15) is 11.3 Å². The second-order valence-corrected chi connectivity index (χ2v) is 4.78. The maximum absolute atomic E-state index is 11.1. The molecule has 0 spiro atoms.